The van der Waals surface area contributed by atoms with Crippen LogP contribution in [0.1, 0.15) is 18.9 Å². The van der Waals surface area contributed by atoms with E-state index in [4.69, 9.17) is 5.26 Å². The molecule has 0 aliphatic heterocycles. The number of carbonyl (C=O) groups excluding carboxylic acids is 1. The van der Waals surface area contributed by atoms with Gasteiger partial charge in [-0.25, -0.2) is 9.67 Å². The van der Waals surface area contributed by atoms with Crippen LogP contribution in [-0.2, 0) is 4.79 Å². The Hall–Kier alpha value is -3.11. The van der Waals surface area contributed by atoms with Crippen molar-refractivity contribution in [3.05, 3.63) is 66.5 Å². The van der Waals surface area contributed by atoms with Gasteiger partial charge in [0.1, 0.15) is 6.33 Å². The van der Waals surface area contributed by atoms with Gasteiger partial charge >= 0.3 is 0 Å². The maximum absolute atomic E-state index is 13.0. The molecule has 3 rings (SSSR count). The van der Waals surface area contributed by atoms with E-state index in [1.807, 2.05) is 68.4 Å². The van der Waals surface area contributed by atoms with Crippen LogP contribution in [0.4, 0.5) is 5.69 Å². The van der Waals surface area contributed by atoms with Crippen molar-refractivity contribution in [3.8, 4) is 11.8 Å². The predicted molar refractivity (Wildman–Crippen MR) is 110 cm³/mol. The lowest BCUT2D eigenvalue weighted by Crippen LogP contribution is -2.37. The molecule has 0 saturated heterocycles. The van der Waals surface area contributed by atoms with Gasteiger partial charge in [0.05, 0.1) is 23.4 Å². The van der Waals surface area contributed by atoms with Crippen LogP contribution in [0.3, 0.4) is 0 Å². The van der Waals surface area contributed by atoms with Crippen LogP contribution in [0.25, 0.3) is 5.69 Å². The molecule has 1 atom stereocenters. The third-order valence-electron chi connectivity index (χ3n) is 4.18. The molecule has 0 spiro atoms. The van der Waals surface area contributed by atoms with Gasteiger partial charge in [-0.05, 0) is 38.1 Å². The van der Waals surface area contributed by atoms with Gasteiger partial charge in [0, 0.05) is 12.2 Å². The van der Waals surface area contributed by atoms with E-state index in [1.54, 1.807) is 15.9 Å². The Balaban J connectivity index is 1.73. The van der Waals surface area contributed by atoms with E-state index < -0.39 is 0 Å². The van der Waals surface area contributed by atoms with Crippen LogP contribution in [0, 0.1) is 18.3 Å². The van der Waals surface area contributed by atoms with Crippen molar-refractivity contribution in [2.75, 3.05) is 11.4 Å². The number of anilines is 1. The molecule has 0 bridgehead atoms. The first-order valence-corrected chi connectivity index (χ1v) is 9.85. The Morgan fingerprint density at radius 1 is 1.21 bits per heavy atom. The zero-order chi connectivity index (χ0) is 19.9. The lowest BCUT2D eigenvalue weighted by molar-refractivity contribution is -0.117. The minimum Gasteiger partial charge on any atom is -0.310 e. The Morgan fingerprint density at radius 2 is 1.93 bits per heavy atom. The zero-order valence-corrected chi connectivity index (χ0v) is 16.6. The van der Waals surface area contributed by atoms with Gasteiger partial charge in [-0.2, -0.15) is 5.26 Å². The molecule has 0 radical (unpaired) electrons. The van der Waals surface area contributed by atoms with Crippen LogP contribution in [0.5, 0.6) is 0 Å². The van der Waals surface area contributed by atoms with Crippen molar-refractivity contribution in [2.45, 2.75) is 30.7 Å². The highest BCUT2D eigenvalue weighted by atomic mass is 32.2. The van der Waals surface area contributed by atoms with Crippen molar-refractivity contribution >= 4 is 23.4 Å². The Labute approximate surface area is 168 Å². The number of aromatic nitrogens is 3. The second kappa shape index (κ2) is 9.20. The quantitative estimate of drug-likeness (QED) is 0.569. The van der Waals surface area contributed by atoms with Gasteiger partial charge < -0.3 is 4.90 Å². The number of rotatable bonds is 7. The number of carbonyl (C=O) groups is 1. The summed E-state index contributed by atoms with van der Waals surface area (Å²) < 4.78 is 1.69. The maximum atomic E-state index is 13.0. The van der Waals surface area contributed by atoms with Crippen LogP contribution < -0.4 is 4.90 Å². The average molecular weight is 392 g/mol. The van der Waals surface area contributed by atoms with E-state index in [9.17, 15) is 4.79 Å². The molecule has 7 heteroatoms. The average Bonchev–Trinajstić information content (AvgIpc) is 3.18. The van der Waals surface area contributed by atoms with E-state index >= 15 is 0 Å². The highest BCUT2D eigenvalue weighted by Crippen LogP contribution is 2.24. The molecule has 1 heterocycles. The Bertz CT molecular complexity index is 962. The lowest BCUT2D eigenvalue weighted by Gasteiger charge is -2.24. The van der Waals surface area contributed by atoms with E-state index in [0.29, 0.717) is 11.7 Å². The van der Waals surface area contributed by atoms with E-state index in [-0.39, 0.29) is 17.6 Å². The van der Waals surface area contributed by atoms with Gasteiger partial charge in [0.25, 0.3) is 0 Å². The first-order valence-electron chi connectivity index (χ1n) is 8.97. The van der Waals surface area contributed by atoms with E-state index in [2.05, 4.69) is 16.2 Å². The van der Waals surface area contributed by atoms with Crippen molar-refractivity contribution in [2.24, 2.45) is 0 Å². The third-order valence-corrected chi connectivity index (χ3v) is 5.13. The number of nitriles is 1. The van der Waals surface area contributed by atoms with Crippen LogP contribution in [-0.4, -0.2) is 32.5 Å². The summed E-state index contributed by atoms with van der Waals surface area (Å²) in [7, 11) is 0. The molecule has 0 saturated carbocycles. The molecule has 1 aromatic heterocycles. The molecule has 2 aromatic carbocycles. The van der Waals surface area contributed by atoms with Crippen LogP contribution in [0.15, 0.2) is 66.1 Å². The zero-order valence-electron chi connectivity index (χ0n) is 15.8. The summed E-state index contributed by atoms with van der Waals surface area (Å²) in [6.45, 7) is 4.19. The molecule has 0 N–H and O–H groups in total. The minimum absolute atomic E-state index is 0.0693. The summed E-state index contributed by atoms with van der Waals surface area (Å²) in [5.74, 6) is -0.0693. The van der Waals surface area contributed by atoms with Crippen molar-refractivity contribution in [3.63, 3.8) is 0 Å². The van der Waals surface area contributed by atoms with E-state index in [0.717, 1.165) is 16.9 Å². The summed E-state index contributed by atoms with van der Waals surface area (Å²) in [6.07, 6.45) is 1.92. The first kappa shape index (κ1) is 19.6. The van der Waals surface area contributed by atoms with Crippen molar-refractivity contribution in [1.29, 1.82) is 5.26 Å². The highest BCUT2D eigenvalue weighted by Gasteiger charge is 2.24. The first-order chi connectivity index (χ1) is 13.6. The van der Waals surface area contributed by atoms with Gasteiger partial charge in [-0.1, -0.05) is 47.7 Å². The summed E-state index contributed by atoms with van der Waals surface area (Å²) in [6, 6.07) is 19.6. The number of amides is 1. The molecule has 28 heavy (non-hydrogen) atoms. The summed E-state index contributed by atoms with van der Waals surface area (Å²) in [4.78, 5) is 19.0. The van der Waals surface area contributed by atoms with Gasteiger partial charge in [0.2, 0.25) is 11.1 Å². The minimum atomic E-state index is -0.383. The third kappa shape index (κ3) is 4.78. The predicted octanol–water partition coefficient (Wildman–Crippen LogP) is 4.00. The van der Waals surface area contributed by atoms with Crippen LogP contribution >= 0.6 is 11.8 Å². The smallest absolute Gasteiger partial charge is 0.240 e. The summed E-state index contributed by atoms with van der Waals surface area (Å²) in [5, 5.41) is 13.6. The molecule has 0 aliphatic rings. The van der Waals surface area contributed by atoms with Gasteiger partial charge in [0.15, 0.2) is 0 Å². The van der Waals surface area contributed by atoms with E-state index in [1.165, 1.54) is 11.8 Å². The largest absolute Gasteiger partial charge is 0.310 e. The molecule has 0 aliphatic carbocycles. The molecule has 1 unspecified atom stereocenters. The van der Waals surface area contributed by atoms with Crippen molar-refractivity contribution < 1.29 is 4.79 Å². The topological polar surface area (TPSA) is 74.8 Å². The van der Waals surface area contributed by atoms with Gasteiger partial charge in [-0.15, -0.1) is 5.10 Å². The number of thioether (sulfide) groups is 1. The highest BCUT2D eigenvalue weighted by molar-refractivity contribution is 8.00. The normalized spacial score (nSPS) is 11.6. The number of hydrogen-bond acceptors (Lipinski definition) is 5. The molecular weight excluding hydrogens is 370 g/mol. The number of nitrogens with zero attached hydrogens (tertiary/aromatic N) is 5. The Morgan fingerprint density at radius 3 is 2.61 bits per heavy atom. The number of aryl methyl sites for hydroxylation is 1. The molecule has 3 aromatic rings. The van der Waals surface area contributed by atoms with Gasteiger partial charge in [-0.3, -0.25) is 4.79 Å². The number of benzene rings is 2. The monoisotopic (exact) mass is 391 g/mol. The number of para-hydroxylation sites is 1. The summed E-state index contributed by atoms with van der Waals surface area (Å²) in [5.41, 5.74) is 2.83. The second-order valence-corrected chi connectivity index (χ2v) is 7.61. The molecule has 142 valence electrons. The fourth-order valence-corrected chi connectivity index (χ4v) is 3.48. The number of hydrogen-bond donors (Lipinski definition) is 0. The van der Waals surface area contributed by atoms with Crippen molar-refractivity contribution in [1.82, 2.24) is 14.8 Å². The second-order valence-electron chi connectivity index (χ2n) is 6.30. The Kier molecular flexibility index (Phi) is 6.45. The standard InChI is InChI=1S/C21H21N5OS/c1-16-9-11-18(12-10-16)25(14-6-13-22)20(27)17(2)28-21-23-15-26(24-21)19-7-4-3-5-8-19/h3-5,7-12,15,17H,6,14H2,1-2H3. The SMILES string of the molecule is Cc1ccc(N(CCC#N)C(=O)C(C)Sc2ncn(-c3ccccc3)n2)cc1. The fourth-order valence-electron chi connectivity index (χ4n) is 2.69. The van der Waals surface area contributed by atoms with Crippen LogP contribution in [0.2, 0.25) is 0 Å². The summed E-state index contributed by atoms with van der Waals surface area (Å²) >= 11 is 1.31. The molecule has 1 amide bonds. The molecule has 6 nitrogen and oxygen atoms in total. The molecule has 0 fully saturated rings. The molecular formula is C21H21N5OS. The lowest BCUT2D eigenvalue weighted by atomic mass is 10.2. The maximum Gasteiger partial charge on any atom is 0.240 e. The fraction of sp³-hybridized carbons (Fsp3) is 0.238.